The highest BCUT2D eigenvalue weighted by Crippen LogP contribution is 2.43. The quantitative estimate of drug-likeness (QED) is 0.875. The summed E-state index contributed by atoms with van der Waals surface area (Å²) in [5, 5.41) is 9.14. The van der Waals surface area contributed by atoms with Crippen LogP contribution in [0.15, 0.2) is 36.5 Å². The Morgan fingerprint density at radius 1 is 1.31 bits per heavy atom. The first-order valence-electron chi connectivity index (χ1n) is 8.54. The number of aromatic amines is 1. The molecule has 0 aliphatic carbocycles. The highest BCUT2D eigenvalue weighted by molar-refractivity contribution is 6.10. The van der Waals surface area contributed by atoms with Crippen LogP contribution in [0.2, 0.25) is 0 Å². The summed E-state index contributed by atoms with van der Waals surface area (Å²) in [5.41, 5.74) is 0.409. The molecule has 2 aromatic rings. The second-order valence-corrected chi connectivity index (χ2v) is 6.69. The number of hydrogen-bond donors (Lipinski definition) is 2. The number of benzene rings is 1. The predicted molar refractivity (Wildman–Crippen MR) is 94.4 cm³/mol. The lowest BCUT2D eigenvalue weighted by atomic mass is 9.98. The van der Waals surface area contributed by atoms with Gasteiger partial charge in [-0.2, -0.15) is 5.10 Å². The molecule has 1 atom stereocenters. The molecule has 0 radical (unpaired) electrons. The van der Waals surface area contributed by atoms with Gasteiger partial charge >= 0.3 is 0 Å². The number of nitrogens with zero attached hydrogens (tertiary/aromatic N) is 3. The molecule has 1 fully saturated rings. The number of aromatic nitrogens is 2. The van der Waals surface area contributed by atoms with E-state index >= 15 is 0 Å². The Hall–Kier alpha value is -3.16. The van der Waals surface area contributed by atoms with E-state index in [0.29, 0.717) is 29.9 Å². The molecule has 1 saturated heterocycles. The van der Waals surface area contributed by atoms with Gasteiger partial charge in [0.1, 0.15) is 11.5 Å². The summed E-state index contributed by atoms with van der Waals surface area (Å²) in [4.78, 5) is 41.1. The van der Waals surface area contributed by atoms with Crippen molar-refractivity contribution < 1.29 is 14.4 Å². The highest BCUT2D eigenvalue weighted by Gasteiger charge is 2.52. The molecule has 0 bridgehead atoms. The monoisotopic (exact) mass is 353 g/mol. The number of nitrogens with one attached hydrogen (secondary N) is 2. The van der Waals surface area contributed by atoms with Gasteiger partial charge in [0, 0.05) is 25.5 Å². The minimum Gasteiger partial charge on any atom is -0.315 e. The topological polar surface area (TPSA) is 98.4 Å². The van der Waals surface area contributed by atoms with Crippen molar-refractivity contribution in [3.63, 3.8) is 0 Å². The summed E-state index contributed by atoms with van der Waals surface area (Å²) in [6, 6.07) is 8.78. The molecular formula is C18H19N5O3. The van der Waals surface area contributed by atoms with Crippen LogP contribution in [0.4, 0.5) is 11.5 Å². The minimum atomic E-state index is -0.739. The zero-order chi connectivity index (χ0) is 18.3. The van der Waals surface area contributed by atoms with Crippen LogP contribution in [-0.2, 0) is 9.59 Å². The molecule has 0 saturated carbocycles. The molecule has 3 heterocycles. The summed E-state index contributed by atoms with van der Waals surface area (Å²) in [6.07, 6.45) is 2.61. The van der Waals surface area contributed by atoms with E-state index in [1.54, 1.807) is 40.3 Å². The van der Waals surface area contributed by atoms with E-state index in [1.807, 2.05) is 13.0 Å². The van der Waals surface area contributed by atoms with Crippen molar-refractivity contribution in [2.24, 2.45) is 0 Å². The lowest BCUT2D eigenvalue weighted by Gasteiger charge is -2.48. The standard InChI is InChI=1S/C18H19N5O3/c1-18-9-6-16(25)23(18)13-5-3-2-4-12(13)17(26)22(18)11-8-15(24)20-14-7-10-19-21-14/h2-5,7,10H,6,8-9,11H2,1H3,(H2,19,20,21,24). The largest absolute Gasteiger partial charge is 0.315 e. The molecule has 2 aliphatic rings. The molecule has 1 unspecified atom stereocenters. The zero-order valence-corrected chi connectivity index (χ0v) is 14.4. The molecule has 2 aliphatic heterocycles. The van der Waals surface area contributed by atoms with Gasteiger partial charge in [-0.15, -0.1) is 0 Å². The van der Waals surface area contributed by atoms with Crippen LogP contribution >= 0.6 is 0 Å². The maximum atomic E-state index is 13.0. The minimum absolute atomic E-state index is 0.000591. The van der Waals surface area contributed by atoms with Crippen molar-refractivity contribution in [1.29, 1.82) is 0 Å². The fourth-order valence-electron chi connectivity index (χ4n) is 3.79. The molecule has 26 heavy (non-hydrogen) atoms. The van der Waals surface area contributed by atoms with Gasteiger partial charge in [-0.1, -0.05) is 12.1 Å². The average Bonchev–Trinajstić information content (AvgIpc) is 3.23. The Bertz CT molecular complexity index is 879. The fourth-order valence-corrected chi connectivity index (χ4v) is 3.79. The third-order valence-electron chi connectivity index (χ3n) is 5.08. The highest BCUT2D eigenvalue weighted by atomic mass is 16.2. The predicted octanol–water partition coefficient (Wildman–Crippen LogP) is 1.74. The van der Waals surface area contributed by atoms with Gasteiger partial charge in [0.15, 0.2) is 0 Å². The zero-order valence-electron chi connectivity index (χ0n) is 14.4. The van der Waals surface area contributed by atoms with Crippen LogP contribution in [0.5, 0.6) is 0 Å². The summed E-state index contributed by atoms with van der Waals surface area (Å²) < 4.78 is 0. The van der Waals surface area contributed by atoms with E-state index < -0.39 is 5.66 Å². The molecule has 0 spiro atoms. The molecule has 1 aromatic carbocycles. The molecule has 8 heteroatoms. The second kappa shape index (κ2) is 5.98. The Labute approximate surface area is 150 Å². The van der Waals surface area contributed by atoms with Crippen molar-refractivity contribution in [3.8, 4) is 0 Å². The first-order valence-corrected chi connectivity index (χ1v) is 8.54. The maximum Gasteiger partial charge on any atom is 0.257 e. The van der Waals surface area contributed by atoms with Gasteiger partial charge in [0.2, 0.25) is 11.8 Å². The second-order valence-electron chi connectivity index (χ2n) is 6.69. The van der Waals surface area contributed by atoms with E-state index in [-0.39, 0.29) is 30.7 Å². The molecule has 1 aromatic heterocycles. The van der Waals surface area contributed by atoms with Crippen LogP contribution in [0.25, 0.3) is 0 Å². The number of H-pyrrole nitrogens is 1. The van der Waals surface area contributed by atoms with E-state index in [0.717, 1.165) is 0 Å². The van der Waals surface area contributed by atoms with E-state index in [4.69, 9.17) is 0 Å². The third-order valence-corrected chi connectivity index (χ3v) is 5.08. The summed E-state index contributed by atoms with van der Waals surface area (Å²) >= 11 is 0. The molecule has 3 amide bonds. The molecule has 4 rings (SSSR count). The Morgan fingerprint density at radius 2 is 2.12 bits per heavy atom. The van der Waals surface area contributed by atoms with Crippen molar-refractivity contribution in [2.75, 3.05) is 16.8 Å². The number of carbonyl (C=O) groups excluding carboxylic acids is 3. The Kier molecular flexibility index (Phi) is 3.75. The first kappa shape index (κ1) is 16.3. The van der Waals surface area contributed by atoms with Gasteiger partial charge in [0.05, 0.1) is 17.4 Å². The number of para-hydroxylation sites is 1. The van der Waals surface area contributed by atoms with Crippen molar-refractivity contribution in [2.45, 2.75) is 31.8 Å². The normalized spacial score (nSPS) is 21.6. The summed E-state index contributed by atoms with van der Waals surface area (Å²) in [7, 11) is 0. The van der Waals surface area contributed by atoms with Gasteiger partial charge in [0.25, 0.3) is 5.91 Å². The number of amides is 3. The van der Waals surface area contributed by atoms with Crippen molar-refractivity contribution in [1.82, 2.24) is 15.1 Å². The summed E-state index contributed by atoms with van der Waals surface area (Å²) in [5.74, 6) is 0.136. The lowest BCUT2D eigenvalue weighted by Crippen LogP contribution is -2.62. The lowest BCUT2D eigenvalue weighted by molar-refractivity contribution is -0.117. The Balaban J connectivity index is 1.58. The van der Waals surface area contributed by atoms with E-state index in [1.165, 1.54) is 0 Å². The summed E-state index contributed by atoms with van der Waals surface area (Å²) in [6.45, 7) is 2.12. The van der Waals surface area contributed by atoms with Crippen LogP contribution in [0.3, 0.4) is 0 Å². The van der Waals surface area contributed by atoms with Gasteiger partial charge in [-0.05, 0) is 25.5 Å². The van der Waals surface area contributed by atoms with E-state index in [9.17, 15) is 14.4 Å². The van der Waals surface area contributed by atoms with Gasteiger partial charge in [-0.3, -0.25) is 24.4 Å². The number of hydrogen-bond acceptors (Lipinski definition) is 4. The molecule has 8 nitrogen and oxygen atoms in total. The smallest absolute Gasteiger partial charge is 0.257 e. The fraction of sp³-hybridized carbons (Fsp3) is 0.333. The third kappa shape index (κ3) is 2.45. The molecular weight excluding hydrogens is 334 g/mol. The number of anilines is 2. The van der Waals surface area contributed by atoms with Crippen LogP contribution in [-0.4, -0.2) is 45.0 Å². The number of rotatable bonds is 4. The number of fused-ring (bicyclic) bond motifs is 3. The van der Waals surface area contributed by atoms with E-state index in [2.05, 4.69) is 15.5 Å². The number of carbonyl (C=O) groups is 3. The van der Waals surface area contributed by atoms with Crippen molar-refractivity contribution in [3.05, 3.63) is 42.1 Å². The van der Waals surface area contributed by atoms with Crippen LogP contribution in [0, 0.1) is 0 Å². The molecule has 134 valence electrons. The maximum absolute atomic E-state index is 13.0. The Morgan fingerprint density at radius 3 is 2.88 bits per heavy atom. The van der Waals surface area contributed by atoms with Crippen LogP contribution < -0.4 is 10.2 Å². The first-order chi connectivity index (χ1) is 12.5. The van der Waals surface area contributed by atoms with Gasteiger partial charge < -0.3 is 10.2 Å². The average molecular weight is 353 g/mol. The van der Waals surface area contributed by atoms with Gasteiger partial charge in [-0.25, -0.2) is 0 Å². The molecule has 2 N–H and O–H groups in total. The van der Waals surface area contributed by atoms with Crippen molar-refractivity contribution >= 4 is 29.2 Å². The SMILES string of the molecule is CC12CCC(=O)N1c1ccccc1C(=O)N2CCC(=O)Nc1ccn[nH]1. The van der Waals surface area contributed by atoms with Crippen LogP contribution in [0.1, 0.15) is 36.5 Å².